The summed E-state index contributed by atoms with van der Waals surface area (Å²) in [5.74, 6) is 1.85. The Morgan fingerprint density at radius 3 is 2.42 bits per heavy atom. The molecular formula is C25H35N5O. The normalized spacial score (nSPS) is 23.2. The van der Waals surface area contributed by atoms with Gasteiger partial charge in [-0.25, -0.2) is 4.98 Å². The zero-order valence-corrected chi connectivity index (χ0v) is 19.0. The third-order valence-electron chi connectivity index (χ3n) is 6.53. The van der Waals surface area contributed by atoms with Gasteiger partial charge < -0.3 is 20.3 Å². The lowest BCUT2D eigenvalue weighted by atomic mass is 9.64. The molecule has 0 bridgehead atoms. The third-order valence-corrected chi connectivity index (χ3v) is 6.53. The summed E-state index contributed by atoms with van der Waals surface area (Å²) in [5, 5.41) is 6.99. The van der Waals surface area contributed by atoms with Crippen molar-refractivity contribution >= 4 is 11.8 Å². The van der Waals surface area contributed by atoms with E-state index < -0.39 is 0 Å². The van der Waals surface area contributed by atoms with Crippen molar-refractivity contribution in [2.45, 2.75) is 57.3 Å². The van der Waals surface area contributed by atoms with Gasteiger partial charge in [0.05, 0.1) is 12.2 Å². The molecule has 2 aromatic rings. The molecule has 1 aromatic heterocycles. The Bertz CT molecular complexity index is 853. The predicted octanol–water partition coefficient (Wildman–Crippen LogP) is 3.48. The Morgan fingerprint density at radius 2 is 1.84 bits per heavy atom. The summed E-state index contributed by atoms with van der Waals surface area (Å²) in [7, 11) is 1.83. The molecule has 6 heteroatoms. The molecule has 2 atom stereocenters. The van der Waals surface area contributed by atoms with Crippen LogP contribution < -0.4 is 15.5 Å². The standard InChI is InChI=1S/C25H35N5O/c1-19-16-30(17-20(2)31-19)23-11-10-21(14-27-23)15-28-24(26-3)29-18-25(12-7-13-25)22-8-5-4-6-9-22/h4-6,8-11,14,19-20H,7,12-13,15-18H2,1-3H3,(H2,26,28,29). The zero-order chi connectivity index (χ0) is 21.7. The molecule has 2 unspecified atom stereocenters. The van der Waals surface area contributed by atoms with E-state index >= 15 is 0 Å². The van der Waals surface area contributed by atoms with Crippen molar-refractivity contribution < 1.29 is 4.74 Å². The van der Waals surface area contributed by atoms with Gasteiger partial charge in [0, 0.05) is 44.8 Å². The summed E-state index contributed by atoms with van der Waals surface area (Å²) in [4.78, 5) is 11.4. The van der Waals surface area contributed by atoms with Crippen LogP contribution in [0.1, 0.15) is 44.2 Å². The molecule has 0 amide bonds. The Labute approximate surface area is 186 Å². The Hall–Kier alpha value is -2.60. The van der Waals surface area contributed by atoms with Crippen molar-refractivity contribution in [1.29, 1.82) is 0 Å². The highest BCUT2D eigenvalue weighted by Crippen LogP contribution is 2.43. The molecule has 0 spiro atoms. The minimum Gasteiger partial charge on any atom is -0.372 e. The minimum atomic E-state index is 0.231. The number of hydrogen-bond acceptors (Lipinski definition) is 4. The van der Waals surface area contributed by atoms with Crippen molar-refractivity contribution in [3.63, 3.8) is 0 Å². The van der Waals surface area contributed by atoms with Gasteiger partial charge in [-0.1, -0.05) is 42.8 Å². The SMILES string of the molecule is CN=C(NCc1ccc(N2CC(C)OC(C)C2)nc1)NCC1(c2ccccc2)CCC1. The van der Waals surface area contributed by atoms with Crippen molar-refractivity contribution in [2.24, 2.45) is 4.99 Å². The summed E-state index contributed by atoms with van der Waals surface area (Å²) in [5.41, 5.74) is 2.80. The number of aromatic nitrogens is 1. The van der Waals surface area contributed by atoms with E-state index in [1.165, 1.54) is 24.8 Å². The van der Waals surface area contributed by atoms with E-state index in [0.717, 1.165) is 37.0 Å². The lowest BCUT2D eigenvalue weighted by molar-refractivity contribution is -0.00545. The van der Waals surface area contributed by atoms with Crippen LogP contribution in [0.25, 0.3) is 0 Å². The number of rotatable bonds is 6. The van der Waals surface area contributed by atoms with E-state index in [1.807, 2.05) is 13.2 Å². The van der Waals surface area contributed by atoms with Gasteiger partial charge in [-0.15, -0.1) is 0 Å². The topological polar surface area (TPSA) is 61.8 Å². The number of pyridine rings is 1. The minimum absolute atomic E-state index is 0.231. The van der Waals surface area contributed by atoms with Crippen molar-refractivity contribution in [3.05, 3.63) is 59.8 Å². The lowest BCUT2D eigenvalue weighted by Crippen LogP contribution is -2.48. The molecule has 166 valence electrons. The maximum atomic E-state index is 5.83. The number of nitrogens with one attached hydrogen (secondary N) is 2. The first-order valence-electron chi connectivity index (χ1n) is 11.4. The number of morpholine rings is 1. The van der Waals surface area contributed by atoms with E-state index in [2.05, 4.69) is 76.8 Å². The van der Waals surface area contributed by atoms with Crippen molar-refractivity contribution in [2.75, 3.05) is 31.6 Å². The largest absolute Gasteiger partial charge is 0.372 e. The van der Waals surface area contributed by atoms with Crippen LogP contribution in [0.5, 0.6) is 0 Å². The van der Waals surface area contributed by atoms with Crippen LogP contribution in [0.3, 0.4) is 0 Å². The fraction of sp³-hybridized carbons (Fsp3) is 0.520. The second-order valence-electron chi connectivity index (χ2n) is 8.97. The van der Waals surface area contributed by atoms with Gasteiger partial charge in [-0.3, -0.25) is 4.99 Å². The van der Waals surface area contributed by atoms with Crippen LogP contribution in [0, 0.1) is 0 Å². The number of aliphatic imine (C=N–C) groups is 1. The molecule has 1 aromatic carbocycles. The number of guanidine groups is 1. The van der Waals surface area contributed by atoms with Crippen molar-refractivity contribution in [1.82, 2.24) is 15.6 Å². The second-order valence-corrected chi connectivity index (χ2v) is 8.97. The fourth-order valence-corrected chi connectivity index (χ4v) is 4.70. The van der Waals surface area contributed by atoms with Gasteiger partial charge in [0.1, 0.15) is 5.82 Å². The van der Waals surface area contributed by atoms with E-state index in [0.29, 0.717) is 6.54 Å². The van der Waals surface area contributed by atoms with Gasteiger partial charge >= 0.3 is 0 Å². The predicted molar refractivity (Wildman–Crippen MR) is 127 cm³/mol. The molecule has 1 saturated carbocycles. The average Bonchev–Trinajstić information content (AvgIpc) is 2.75. The molecule has 1 aliphatic heterocycles. The fourth-order valence-electron chi connectivity index (χ4n) is 4.70. The van der Waals surface area contributed by atoms with Gasteiger partial charge in [0.2, 0.25) is 0 Å². The molecule has 1 aliphatic carbocycles. The summed E-state index contributed by atoms with van der Waals surface area (Å²) >= 11 is 0. The number of nitrogens with zero attached hydrogens (tertiary/aromatic N) is 3. The molecule has 31 heavy (non-hydrogen) atoms. The highest BCUT2D eigenvalue weighted by atomic mass is 16.5. The molecule has 1 saturated heterocycles. The van der Waals surface area contributed by atoms with Gasteiger partial charge in [-0.05, 0) is 43.9 Å². The maximum Gasteiger partial charge on any atom is 0.191 e. The van der Waals surface area contributed by atoms with Gasteiger partial charge in [-0.2, -0.15) is 0 Å². The van der Waals surface area contributed by atoms with Crippen LogP contribution in [0.4, 0.5) is 5.82 Å². The maximum absolute atomic E-state index is 5.83. The number of benzene rings is 1. The van der Waals surface area contributed by atoms with E-state index in [-0.39, 0.29) is 17.6 Å². The molecule has 2 N–H and O–H groups in total. The Balaban J connectivity index is 1.30. The average molecular weight is 422 g/mol. The number of anilines is 1. The molecule has 2 fully saturated rings. The monoisotopic (exact) mass is 421 g/mol. The molecule has 4 rings (SSSR count). The first kappa shape index (κ1) is 21.6. The molecular weight excluding hydrogens is 386 g/mol. The molecule has 6 nitrogen and oxygen atoms in total. The highest BCUT2D eigenvalue weighted by Gasteiger charge is 2.38. The third kappa shape index (κ3) is 5.18. The van der Waals surface area contributed by atoms with Gasteiger partial charge in [0.25, 0.3) is 0 Å². The lowest BCUT2D eigenvalue weighted by Gasteiger charge is -2.43. The van der Waals surface area contributed by atoms with Gasteiger partial charge in [0.15, 0.2) is 5.96 Å². The van der Waals surface area contributed by atoms with Crippen LogP contribution in [-0.4, -0.2) is 49.8 Å². The quantitative estimate of drug-likeness (QED) is 0.552. The summed E-state index contributed by atoms with van der Waals surface area (Å²) < 4.78 is 5.83. The zero-order valence-electron chi connectivity index (χ0n) is 19.0. The first-order valence-corrected chi connectivity index (χ1v) is 11.4. The van der Waals surface area contributed by atoms with Crippen LogP contribution in [-0.2, 0) is 16.7 Å². The summed E-state index contributed by atoms with van der Waals surface area (Å²) in [6, 6.07) is 15.1. The Morgan fingerprint density at radius 1 is 1.10 bits per heavy atom. The van der Waals surface area contributed by atoms with E-state index in [4.69, 9.17) is 9.72 Å². The summed E-state index contributed by atoms with van der Waals surface area (Å²) in [6.45, 7) is 7.60. The van der Waals surface area contributed by atoms with Crippen LogP contribution >= 0.6 is 0 Å². The first-order chi connectivity index (χ1) is 15.1. The van der Waals surface area contributed by atoms with Crippen LogP contribution in [0.2, 0.25) is 0 Å². The molecule has 0 radical (unpaired) electrons. The van der Waals surface area contributed by atoms with Crippen LogP contribution in [0.15, 0.2) is 53.7 Å². The molecule has 2 aliphatic rings. The Kier molecular flexibility index (Phi) is 6.76. The van der Waals surface area contributed by atoms with E-state index in [1.54, 1.807) is 0 Å². The van der Waals surface area contributed by atoms with Crippen molar-refractivity contribution in [3.8, 4) is 0 Å². The number of hydrogen-bond donors (Lipinski definition) is 2. The smallest absolute Gasteiger partial charge is 0.191 e. The second kappa shape index (κ2) is 9.69. The van der Waals surface area contributed by atoms with E-state index in [9.17, 15) is 0 Å². The highest BCUT2D eigenvalue weighted by molar-refractivity contribution is 5.79. The number of ether oxygens (including phenoxy) is 1. The summed E-state index contributed by atoms with van der Waals surface area (Å²) in [6.07, 6.45) is 6.17. The molecule has 2 heterocycles.